The Bertz CT molecular complexity index is 708. The molecule has 0 aromatic heterocycles. The van der Waals surface area contributed by atoms with Crippen LogP contribution in [0.5, 0.6) is 0 Å². The third kappa shape index (κ3) is 4.56. The van der Waals surface area contributed by atoms with Gasteiger partial charge in [-0.1, -0.05) is 35.3 Å². The van der Waals surface area contributed by atoms with E-state index in [1.165, 1.54) is 18.2 Å². The number of thiocarbonyl (C=S) groups is 1. The van der Waals surface area contributed by atoms with Gasteiger partial charge in [0.2, 0.25) is 0 Å². The molecule has 0 saturated heterocycles. The van der Waals surface area contributed by atoms with Crippen LogP contribution < -0.4 is 10.6 Å². The van der Waals surface area contributed by atoms with Crippen molar-refractivity contribution in [2.75, 3.05) is 5.32 Å². The largest absolute Gasteiger partial charge is 0.358 e. The third-order valence-electron chi connectivity index (χ3n) is 2.78. The number of nitrogens with zero attached hydrogens (tertiary/aromatic N) is 1. The van der Waals surface area contributed by atoms with Crippen LogP contribution >= 0.6 is 35.4 Å². The summed E-state index contributed by atoms with van der Waals surface area (Å²) in [5, 5.41) is 17.8. The lowest BCUT2D eigenvalue weighted by atomic mass is 10.2. The van der Waals surface area contributed by atoms with Crippen LogP contribution in [0.25, 0.3) is 0 Å². The second-order valence-corrected chi connectivity index (χ2v) is 5.61. The molecule has 0 bridgehead atoms. The third-order valence-corrected chi connectivity index (χ3v) is 3.59. The summed E-state index contributed by atoms with van der Waals surface area (Å²) in [6.45, 7) is 0.521. The maximum absolute atomic E-state index is 10.6. The minimum Gasteiger partial charge on any atom is -0.358 e. The Kier molecular flexibility index (Phi) is 5.54. The zero-order valence-corrected chi connectivity index (χ0v) is 13.5. The molecule has 2 N–H and O–H groups in total. The smallest absolute Gasteiger partial charge is 0.271 e. The molecule has 0 aliphatic heterocycles. The molecule has 0 fully saturated rings. The molecule has 0 atom stereocenters. The van der Waals surface area contributed by atoms with Crippen LogP contribution in [0, 0.1) is 10.1 Å². The number of hydrogen-bond donors (Lipinski definition) is 2. The van der Waals surface area contributed by atoms with Crippen molar-refractivity contribution in [1.82, 2.24) is 5.32 Å². The Labute approximate surface area is 142 Å². The highest BCUT2D eigenvalue weighted by Gasteiger charge is 2.10. The molecule has 0 aliphatic carbocycles. The number of benzene rings is 2. The van der Waals surface area contributed by atoms with E-state index in [-0.39, 0.29) is 10.7 Å². The van der Waals surface area contributed by atoms with E-state index in [1.807, 2.05) is 12.1 Å². The SMILES string of the molecule is O=[N+]([O-])c1ccc(NC(=S)NCc2ccc(Cl)cc2)c(Cl)c1. The fourth-order valence-electron chi connectivity index (χ4n) is 1.67. The van der Waals surface area contributed by atoms with E-state index in [0.717, 1.165) is 5.56 Å². The molecule has 5 nitrogen and oxygen atoms in total. The molecule has 0 aliphatic rings. The average Bonchev–Trinajstić information content (AvgIpc) is 2.48. The maximum atomic E-state index is 10.6. The van der Waals surface area contributed by atoms with Gasteiger partial charge >= 0.3 is 0 Å². The van der Waals surface area contributed by atoms with Crippen LogP contribution in [-0.4, -0.2) is 10.0 Å². The van der Waals surface area contributed by atoms with Crippen LogP contribution in [0.1, 0.15) is 5.56 Å². The predicted molar refractivity (Wildman–Crippen MR) is 92.6 cm³/mol. The fraction of sp³-hybridized carbons (Fsp3) is 0.0714. The quantitative estimate of drug-likeness (QED) is 0.483. The molecule has 8 heteroatoms. The number of hydrogen-bond acceptors (Lipinski definition) is 3. The summed E-state index contributed by atoms with van der Waals surface area (Å²) in [6.07, 6.45) is 0. The number of nitro benzene ring substituents is 1. The van der Waals surface area contributed by atoms with Crippen molar-refractivity contribution < 1.29 is 4.92 Å². The van der Waals surface area contributed by atoms with Crippen molar-refractivity contribution in [3.05, 3.63) is 68.2 Å². The van der Waals surface area contributed by atoms with Gasteiger partial charge in [0.05, 0.1) is 15.6 Å². The summed E-state index contributed by atoms with van der Waals surface area (Å²) in [5.74, 6) is 0. The van der Waals surface area contributed by atoms with Gasteiger partial charge in [-0.2, -0.15) is 0 Å². The Morgan fingerprint density at radius 3 is 2.45 bits per heavy atom. The molecule has 0 unspecified atom stereocenters. The molecular formula is C14H11Cl2N3O2S. The highest BCUT2D eigenvalue weighted by Crippen LogP contribution is 2.26. The first-order valence-corrected chi connectivity index (χ1v) is 7.35. The van der Waals surface area contributed by atoms with Gasteiger partial charge in [0.1, 0.15) is 0 Å². The fourth-order valence-corrected chi connectivity index (χ4v) is 2.20. The number of anilines is 1. The van der Waals surface area contributed by atoms with E-state index in [0.29, 0.717) is 22.4 Å². The van der Waals surface area contributed by atoms with Crippen LogP contribution in [-0.2, 0) is 6.54 Å². The second-order valence-electron chi connectivity index (χ2n) is 4.36. The second kappa shape index (κ2) is 7.40. The van der Waals surface area contributed by atoms with Gasteiger partial charge in [0, 0.05) is 23.7 Å². The van der Waals surface area contributed by atoms with E-state index in [2.05, 4.69) is 10.6 Å². The molecule has 2 aromatic carbocycles. The number of rotatable bonds is 4. The lowest BCUT2D eigenvalue weighted by Crippen LogP contribution is -2.27. The van der Waals surface area contributed by atoms with E-state index < -0.39 is 4.92 Å². The molecule has 0 saturated carbocycles. The van der Waals surface area contributed by atoms with Crippen molar-refractivity contribution >= 4 is 51.9 Å². The first kappa shape index (κ1) is 16.5. The Morgan fingerprint density at radius 1 is 1.18 bits per heavy atom. The van der Waals surface area contributed by atoms with E-state index in [4.69, 9.17) is 35.4 Å². The van der Waals surface area contributed by atoms with Crippen LogP contribution in [0.15, 0.2) is 42.5 Å². The summed E-state index contributed by atoms with van der Waals surface area (Å²) in [5.41, 5.74) is 1.44. The molecule has 2 rings (SSSR count). The monoisotopic (exact) mass is 355 g/mol. The summed E-state index contributed by atoms with van der Waals surface area (Å²) in [6, 6.07) is 11.5. The van der Waals surface area contributed by atoms with Crippen LogP contribution in [0.4, 0.5) is 11.4 Å². The maximum Gasteiger partial charge on any atom is 0.271 e. The standard InChI is InChI=1S/C14H11Cl2N3O2S/c15-10-3-1-9(2-4-10)8-17-14(22)18-13-6-5-11(19(20)21)7-12(13)16/h1-7H,8H2,(H2,17,18,22). The van der Waals surface area contributed by atoms with E-state index in [1.54, 1.807) is 12.1 Å². The number of non-ortho nitro benzene ring substituents is 1. The van der Waals surface area contributed by atoms with E-state index in [9.17, 15) is 10.1 Å². The van der Waals surface area contributed by atoms with Crippen molar-refractivity contribution in [2.24, 2.45) is 0 Å². The number of nitro groups is 1. The molecule has 0 amide bonds. The summed E-state index contributed by atoms with van der Waals surface area (Å²) in [7, 11) is 0. The molecule has 0 radical (unpaired) electrons. The first-order chi connectivity index (χ1) is 10.5. The van der Waals surface area contributed by atoms with Gasteiger partial charge in [0.25, 0.3) is 5.69 Å². The predicted octanol–water partition coefficient (Wildman–Crippen LogP) is 4.39. The molecule has 0 spiro atoms. The summed E-state index contributed by atoms with van der Waals surface area (Å²) < 4.78 is 0. The van der Waals surface area contributed by atoms with E-state index >= 15 is 0 Å². The minimum atomic E-state index is -0.507. The average molecular weight is 356 g/mol. The number of halogens is 2. The van der Waals surface area contributed by atoms with Crippen LogP contribution in [0.2, 0.25) is 10.0 Å². The molecular weight excluding hydrogens is 345 g/mol. The molecule has 0 heterocycles. The zero-order valence-electron chi connectivity index (χ0n) is 11.2. The van der Waals surface area contributed by atoms with Gasteiger partial charge in [-0.25, -0.2) is 0 Å². The van der Waals surface area contributed by atoms with Crippen LogP contribution in [0.3, 0.4) is 0 Å². The van der Waals surface area contributed by atoms with Crippen molar-refractivity contribution in [3.8, 4) is 0 Å². The lowest BCUT2D eigenvalue weighted by Gasteiger charge is -2.11. The highest BCUT2D eigenvalue weighted by atomic mass is 35.5. The first-order valence-electron chi connectivity index (χ1n) is 6.19. The number of nitrogens with one attached hydrogen (secondary N) is 2. The van der Waals surface area contributed by atoms with Crippen molar-refractivity contribution in [2.45, 2.75) is 6.54 Å². The van der Waals surface area contributed by atoms with Crippen molar-refractivity contribution in [1.29, 1.82) is 0 Å². The Hall–Kier alpha value is -1.89. The lowest BCUT2D eigenvalue weighted by molar-refractivity contribution is -0.384. The van der Waals surface area contributed by atoms with Gasteiger partial charge < -0.3 is 10.6 Å². The van der Waals surface area contributed by atoms with Gasteiger partial charge in [-0.3, -0.25) is 10.1 Å². The van der Waals surface area contributed by atoms with Gasteiger partial charge in [-0.15, -0.1) is 0 Å². The highest BCUT2D eigenvalue weighted by molar-refractivity contribution is 7.80. The Morgan fingerprint density at radius 2 is 1.86 bits per heavy atom. The van der Waals surface area contributed by atoms with Gasteiger partial charge in [-0.05, 0) is 36.0 Å². The topological polar surface area (TPSA) is 67.2 Å². The summed E-state index contributed by atoms with van der Waals surface area (Å²) >= 11 is 17.0. The molecule has 22 heavy (non-hydrogen) atoms. The normalized spacial score (nSPS) is 10.1. The summed E-state index contributed by atoms with van der Waals surface area (Å²) in [4.78, 5) is 10.1. The van der Waals surface area contributed by atoms with Crippen molar-refractivity contribution in [3.63, 3.8) is 0 Å². The zero-order chi connectivity index (χ0) is 16.1. The van der Waals surface area contributed by atoms with Gasteiger partial charge in [0.15, 0.2) is 5.11 Å². The minimum absolute atomic E-state index is 0.0735. The Balaban J connectivity index is 1.94. The molecule has 114 valence electrons. The molecule has 2 aromatic rings.